The van der Waals surface area contributed by atoms with Gasteiger partial charge in [0, 0.05) is 18.7 Å². The van der Waals surface area contributed by atoms with E-state index < -0.39 is 0 Å². The van der Waals surface area contributed by atoms with Crippen LogP contribution in [0.15, 0.2) is 0 Å². The number of likely N-dealkylation sites (tertiary alicyclic amines) is 1. The Balaban J connectivity index is 2.07. The number of piperidine rings is 1. The summed E-state index contributed by atoms with van der Waals surface area (Å²) >= 11 is 0. The molecule has 0 aromatic carbocycles. The van der Waals surface area contributed by atoms with E-state index in [1.54, 1.807) is 7.11 Å². The van der Waals surface area contributed by atoms with Crippen LogP contribution in [0.3, 0.4) is 0 Å². The first-order chi connectivity index (χ1) is 7.79. The Morgan fingerprint density at radius 1 is 1.12 bits per heavy atom. The third kappa shape index (κ3) is 2.27. The molecule has 2 aliphatic rings. The van der Waals surface area contributed by atoms with Crippen molar-refractivity contribution in [2.45, 2.75) is 56.5 Å². The molecule has 2 rings (SSSR count). The number of hydrogen-bond acceptors (Lipinski definition) is 3. The smallest absolute Gasteiger partial charge is 0.0631 e. The fourth-order valence-electron chi connectivity index (χ4n) is 3.58. The van der Waals surface area contributed by atoms with Crippen molar-refractivity contribution >= 4 is 0 Å². The lowest BCUT2D eigenvalue weighted by atomic mass is 9.85. The molecule has 1 unspecified atom stereocenters. The van der Waals surface area contributed by atoms with Gasteiger partial charge < -0.3 is 10.5 Å². The fourth-order valence-corrected chi connectivity index (χ4v) is 3.58. The molecule has 0 spiro atoms. The molecular formula is C13H26N2O. The summed E-state index contributed by atoms with van der Waals surface area (Å²) in [5.41, 5.74) is 6.65. The van der Waals surface area contributed by atoms with Crippen LogP contribution in [-0.4, -0.2) is 43.3 Å². The van der Waals surface area contributed by atoms with E-state index in [-0.39, 0.29) is 11.6 Å². The molecule has 0 bridgehead atoms. The molecule has 94 valence electrons. The third-order valence-electron chi connectivity index (χ3n) is 4.49. The van der Waals surface area contributed by atoms with Crippen LogP contribution in [-0.2, 0) is 4.74 Å². The van der Waals surface area contributed by atoms with E-state index in [1.165, 1.54) is 58.0 Å². The third-order valence-corrected chi connectivity index (χ3v) is 4.49. The standard InChI is InChI=1S/C13H26N2O/c1-16-11-12(14)13(7-3-4-8-13)15-9-5-2-6-10-15/h12H,2-11,14H2,1H3. The lowest BCUT2D eigenvalue weighted by Gasteiger charge is -2.47. The highest BCUT2D eigenvalue weighted by Crippen LogP contribution is 2.39. The van der Waals surface area contributed by atoms with Crippen LogP contribution in [0.4, 0.5) is 0 Å². The van der Waals surface area contributed by atoms with E-state index >= 15 is 0 Å². The van der Waals surface area contributed by atoms with Gasteiger partial charge in [-0.3, -0.25) is 4.90 Å². The van der Waals surface area contributed by atoms with Gasteiger partial charge in [-0.25, -0.2) is 0 Å². The summed E-state index contributed by atoms with van der Waals surface area (Å²) in [6.45, 7) is 3.20. The maximum atomic E-state index is 6.39. The first-order valence-corrected chi connectivity index (χ1v) is 6.79. The zero-order valence-corrected chi connectivity index (χ0v) is 10.6. The van der Waals surface area contributed by atoms with E-state index in [9.17, 15) is 0 Å². The molecule has 0 aromatic rings. The lowest BCUT2D eigenvalue weighted by molar-refractivity contribution is 0.0213. The van der Waals surface area contributed by atoms with Crippen molar-refractivity contribution < 1.29 is 4.74 Å². The summed E-state index contributed by atoms with van der Waals surface area (Å²) in [5, 5.41) is 0. The van der Waals surface area contributed by atoms with Gasteiger partial charge in [-0.2, -0.15) is 0 Å². The summed E-state index contributed by atoms with van der Waals surface area (Å²) < 4.78 is 5.28. The summed E-state index contributed by atoms with van der Waals surface area (Å²) in [6, 6.07) is 0.193. The van der Waals surface area contributed by atoms with Crippen LogP contribution in [0, 0.1) is 0 Å². The van der Waals surface area contributed by atoms with Crippen molar-refractivity contribution in [1.29, 1.82) is 0 Å². The number of ether oxygens (including phenoxy) is 1. The second kappa shape index (κ2) is 5.48. The highest BCUT2D eigenvalue weighted by Gasteiger charge is 2.44. The average Bonchev–Trinajstić information content (AvgIpc) is 2.81. The molecule has 3 nitrogen and oxygen atoms in total. The molecular weight excluding hydrogens is 200 g/mol. The Bertz CT molecular complexity index is 208. The Morgan fingerprint density at radius 3 is 2.31 bits per heavy atom. The monoisotopic (exact) mass is 226 g/mol. The summed E-state index contributed by atoms with van der Waals surface area (Å²) in [5.74, 6) is 0. The highest BCUT2D eigenvalue weighted by atomic mass is 16.5. The average molecular weight is 226 g/mol. The van der Waals surface area contributed by atoms with Gasteiger partial charge in [-0.1, -0.05) is 19.3 Å². The largest absolute Gasteiger partial charge is 0.383 e. The van der Waals surface area contributed by atoms with Crippen LogP contribution in [0.1, 0.15) is 44.9 Å². The van der Waals surface area contributed by atoms with Crippen molar-refractivity contribution in [3.8, 4) is 0 Å². The zero-order chi connectivity index (χ0) is 11.4. The first kappa shape index (κ1) is 12.3. The van der Waals surface area contributed by atoms with Crippen molar-refractivity contribution in [3.05, 3.63) is 0 Å². The van der Waals surface area contributed by atoms with E-state index in [0.29, 0.717) is 6.61 Å². The first-order valence-electron chi connectivity index (χ1n) is 6.79. The fraction of sp³-hybridized carbons (Fsp3) is 1.00. The predicted octanol–water partition coefficient (Wildman–Crippen LogP) is 1.76. The van der Waals surface area contributed by atoms with Gasteiger partial charge in [0.2, 0.25) is 0 Å². The molecule has 1 aliphatic carbocycles. The van der Waals surface area contributed by atoms with E-state index in [2.05, 4.69) is 4.90 Å². The van der Waals surface area contributed by atoms with Gasteiger partial charge in [0.1, 0.15) is 0 Å². The Hall–Kier alpha value is -0.120. The maximum absolute atomic E-state index is 6.39. The second-order valence-corrected chi connectivity index (χ2v) is 5.42. The molecule has 0 amide bonds. The van der Waals surface area contributed by atoms with Gasteiger partial charge >= 0.3 is 0 Å². The number of hydrogen-bond donors (Lipinski definition) is 1. The minimum absolute atomic E-state index is 0.193. The Kier molecular flexibility index (Phi) is 4.22. The van der Waals surface area contributed by atoms with Gasteiger partial charge in [0.15, 0.2) is 0 Å². The molecule has 1 heterocycles. The SMILES string of the molecule is COCC(N)C1(N2CCCCC2)CCCC1. The quantitative estimate of drug-likeness (QED) is 0.794. The van der Waals surface area contributed by atoms with Crippen LogP contribution in [0.5, 0.6) is 0 Å². The van der Waals surface area contributed by atoms with Crippen molar-refractivity contribution in [2.24, 2.45) is 5.73 Å². The normalized spacial score (nSPS) is 28.1. The second-order valence-electron chi connectivity index (χ2n) is 5.42. The lowest BCUT2D eigenvalue weighted by Crippen LogP contribution is -2.61. The van der Waals surface area contributed by atoms with Crippen molar-refractivity contribution in [2.75, 3.05) is 26.8 Å². The number of nitrogens with zero attached hydrogens (tertiary/aromatic N) is 1. The van der Waals surface area contributed by atoms with E-state index in [0.717, 1.165) is 0 Å². The molecule has 1 atom stereocenters. The topological polar surface area (TPSA) is 38.5 Å². The number of rotatable bonds is 4. The zero-order valence-electron chi connectivity index (χ0n) is 10.6. The van der Waals surface area contributed by atoms with Crippen LogP contribution >= 0.6 is 0 Å². The van der Waals surface area contributed by atoms with Gasteiger partial charge in [0.25, 0.3) is 0 Å². The van der Waals surface area contributed by atoms with Crippen molar-refractivity contribution in [3.63, 3.8) is 0 Å². The van der Waals surface area contributed by atoms with Crippen LogP contribution in [0.2, 0.25) is 0 Å². The summed E-state index contributed by atoms with van der Waals surface area (Å²) in [6.07, 6.45) is 9.33. The molecule has 1 saturated heterocycles. The highest BCUT2D eigenvalue weighted by molar-refractivity contribution is 5.03. The molecule has 16 heavy (non-hydrogen) atoms. The van der Waals surface area contributed by atoms with E-state index in [4.69, 9.17) is 10.5 Å². The molecule has 2 N–H and O–H groups in total. The molecule has 1 saturated carbocycles. The van der Waals surface area contributed by atoms with Gasteiger partial charge in [-0.15, -0.1) is 0 Å². The maximum Gasteiger partial charge on any atom is 0.0631 e. The van der Waals surface area contributed by atoms with Crippen LogP contribution in [0.25, 0.3) is 0 Å². The minimum atomic E-state index is 0.193. The summed E-state index contributed by atoms with van der Waals surface area (Å²) in [4.78, 5) is 2.67. The number of methoxy groups -OCH3 is 1. The Morgan fingerprint density at radius 2 is 1.75 bits per heavy atom. The number of nitrogens with two attached hydrogens (primary N) is 1. The van der Waals surface area contributed by atoms with Gasteiger partial charge in [-0.05, 0) is 38.8 Å². The van der Waals surface area contributed by atoms with Crippen molar-refractivity contribution in [1.82, 2.24) is 4.90 Å². The Labute approximate surface area is 99.3 Å². The predicted molar refractivity (Wildman–Crippen MR) is 66.5 cm³/mol. The van der Waals surface area contributed by atoms with Gasteiger partial charge in [0.05, 0.1) is 6.61 Å². The summed E-state index contributed by atoms with van der Waals surface area (Å²) in [7, 11) is 1.76. The van der Waals surface area contributed by atoms with Crippen LogP contribution < -0.4 is 5.73 Å². The van der Waals surface area contributed by atoms with E-state index in [1.807, 2.05) is 0 Å². The molecule has 3 heteroatoms. The molecule has 0 aromatic heterocycles. The molecule has 2 fully saturated rings. The minimum Gasteiger partial charge on any atom is -0.383 e. The molecule has 1 aliphatic heterocycles. The molecule has 0 radical (unpaired) electrons.